The van der Waals surface area contributed by atoms with Crippen LogP contribution in [-0.4, -0.2) is 0 Å². The molecule has 2 N–H and O–H groups in total. The van der Waals surface area contributed by atoms with Gasteiger partial charge in [0.25, 0.3) is 0 Å². The third-order valence-electron chi connectivity index (χ3n) is 1.82. The minimum Gasteiger partial charge on any atom is -0.321 e. The topological polar surface area (TPSA) is 26.0 Å². The van der Waals surface area contributed by atoms with Crippen LogP contribution in [0.4, 0.5) is 4.39 Å². The van der Waals surface area contributed by atoms with Crippen molar-refractivity contribution in [1.82, 2.24) is 0 Å². The molecule has 0 aromatic heterocycles. The minimum atomic E-state index is -0.204. The molecule has 0 radical (unpaired) electrons. The minimum absolute atomic E-state index is 0. The van der Waals surface area contributed by atoms with Gasteiger partial charge in [0.05, 0.1) is 0 Å². The number of aryl methyl sites for hydroxylation is 1. The van der Waals surface area contributed by atoms with Crippen LogP contribution in [0.3, 0.4) is 0 Å². The maximum absolute atomic E-state index is 12.8. The third kappa shape index (κ3) is 2.83. The molecule has 0 aliphatic heterocycles. The van der Waals surface area contributed by atoms with Crippen LogP contribution in [0.1, 0.15) is 17.2 Å². The van der Waals surface area contributed by atoms with Crippen molar-refractivity contribution in [3.8, 4) is 0 Å². The number of rotatable bonds is 2. The standard InChI is InChI=1S/C10H12FN.ClH/c1-3-10(12)8-4-5-9(11)7(2)6-8;/h3-6,10H,1,12H2,2H3;1H/t10-;/m1./s1. The zero-order chi connectivity index (χ0) is 9.14. The van der Waals surface area contributed by atoms with Crippen LogP contribution in [0.15, 0.2) is 30.9 Å². The maximum Gasteiger partial charge on any atom is 0.126 e. The highest BCUT2D eigenvalue weighted by Crippen LogP contribution is 2.15. The lowest BCUT2D eigenvalue weighted by Gasteiger charge is -2.07. The predicted molar refractivity (Wildman–Crippen MR) is 55.5 cm³/mol. The fourth-order valence-corrected chi connectivity index (χ4v) is 1.01. The second-order valence-electron chi connectivity index (χ2n) is 2.77. The van der Waals surface area contributed by atoms with Gasteiger partial charge in [-0.1, -0.05) is 18.2 Å². The van der Waals surface area contributed by atoms with Gasteiger partial charge in [0, 0.05) is 6.04 Å². The summed E-state index contributed by atoms with van der Waals surface area (Å²) >= 11 is 0. The molecule has 1 rings (SSSR count). The van der Waals surface area contributed by atoms with E-state index in [4.69, 9.17) is 5.73 Å². The van der Waals surface area contributed by atoms with Crippen LogP contribution in [0, 0.1) is 12.7 Å². The van der Waals surface area contributed by atoms with Gasteiger partial charge in [-0.15, -0.1) is 19.0 Å². The van der Waals surface area contributed by atoms with Crippen molar-refractivity contribution in [2.45, 2.75) is 13.0 Å². The summed E-state index contributed by atoms with van der Waals surface area (Å²) in [6.45, 7) is 5.29. The van der Waals surface area contributed by atoms with Crippen LogP contribution >= 0.6 is 12.4 Å². The molecule has 0 aliphatic rings. The van der Waals surface area contributed by atoms with Crippen molar-refractivity contribution in [2.24, 2.45) is 5.73 Å². The van der Waals surface area contributed by atoms with Crippen LogP contribution in [0.25, 0.3) is 0 Å². The molecule has 1 aromatic rings. The number of benzene rings is 1. The van der Waals surface area contributed by atoms with E-state index in [0.29, 0.717) is 5.56 Å². The van der Waals surface area contributed by atoms with E-state index in [1.54, 1.807) is 25.1 Å². The smallest absolute Gasteiger partial charge is 0.126 e. The van der Waals surface area contributed by atoms with Crippen molar-refractivity contribution in [2.75, 3.05) is 0 Å². The molecule has 3 heteroatoms. The lowest BCUT2D eigenvalue weighted by atomic mass is 10.1. The Kier molecular flexibility index (Phi) is 4.67. The van der Waals surface area contributed by atoms with Crippen molar-refractivity contribution in [3.63, 3.8) is 0 Å². The van der Waals surface area contributed by atoms with Gasteiger partial charge in [-0.2, -0.15) is 0 Å². The molecule has 0 aliphatic carbocycles. The summed E-state index contributed by atoms with van der Waals surface area (Å²) in [5.74, 6) is -0.199. The van der Waals surface area contributed by atoms with Crippen LogP contribution in [0.5, 0.6) is 0 Å². The summed E-state index contributed by atoms with van der Waals surface area (Å²) in [5.41, 5.74) is 7.18. The van der Waals surface area contributed by atoms with Gasteiger partial charge in [-0.3, -0.25) is 0 Å². The highest BCUT2D eigenvalue weighted by Gasteiger charge is 2.03. The molecule has 0 saturated heterocycles. The Labute approximate surface area is 83.9 Å². The second-order valence-corrected chi connectivity index (χ2v) is 2.77. The number of nitrogens with two attached hydrogens (primary N) is 1. The lowest BCUT2D eigenvalue weighted by Crippen LogP contribution is -2.06. The summed E-state index contributed by atoms with van der Waals surface area (Å²) in [5, 5.41) is 0. The van der Waals surface area contributed by atoms with E-state index in [1.807, 2.05) is 0 Å². The van der Waals surface area contributed by atoms with Gasteiger partial charge in [-0.05, 0) is 24.1 Å². The zero-order valence-corrected chi connectivity index (χ0v) is 8.27. The van der Waals surface area contributed by atoms with Gasteiger partial charge in [-0.25, -0.2) is 4.39 Å². The Balaban J connectivity index is 0.00000144. The van der Waals surface area contributed by atoms with Gasteiger partial charge < -0.3 is 5.73 Å². The monoisotopic (exact) mass is 201 g/mol. The Hall–Kier alpha value is -0.860. The average molecular weight is 202 g/mol. The molecule has 0 saturated carbocycles. The Morgan fingerprint density at radius 3 is 2.62 bits per heavy atom. The number of hydrogen-bond donors (Lipinski definition) is 1. The van der Waals surface area contributed by atoms with E-state index in [1.165, 1.54) is 6.07 Å². The molecule has 1 aromatic carbocycles. The molecule has 0 amide bonds. The van der Waals surface area contributed by atoms with Crippen molar-refractivity contribution < 1.29 is 4.39 Å². The summed E-state index contributed by atoms with van der Waals surface area (Å²) in [7, 11) is 0. The largest absolute Gasteiger partial charge is 0.321 e. The number of halogens is 2. The van der Waals surface area contributed by atoms with E-state index in [-0.39, 0.29) is 24.3 Å². The summed E-state index contributed by atoms with van der Waals surface area (Å²) < 4.78 is 12.8. The van der Waals surface area contributed by atoms with Crippen LogP contribution in [-0.2, 0) is 0 Å². The van der Waals surface area contributed by atoms with Gasteiger partial charge in [0.15, 0.2) is 0 Å². The second kappa shape index (κ2) is 5.00. The van der Waals surface area contributed by atoms with E-state index in [0.717, 1.165) is 5.56 Å². The highest BCUT2D eigenvalue weighted by molar-refractivity contribution is 5.85. The van der Waals surface area contributed by atoms with Crippen molar-refractivity contribution >= 4 is 12.4 Å². The SMILES string of the molecule is C=C[C@@H](N)c1ccc(F)c(C)c1.Cl. The maximum atomic E-state index is 12.8. The molecule has 0 fully saturated rings. The Bertz CT molecular complexity index is 299. The first-order valence-electron chi connectivity index (χ1n) is 3.79. The summed E-state index contributed by atoms with van der Waals surface area (Å²) in [4.78, 5) is 0. The van der Waals surface area contributed by atoms with E-state index >= 15 is 0 Å². The third-order valence-corrected chi connectivity index (χ3v) is 1.82. The molecule has 0 bridgehead atoms. The first-order valence-corrected chi connectivity index (χ1v) is 3.79. The van der Waals surface area contributed by atoms with Crippen LogP contribution in [0.2, 0.25) is 0 Å². The zero-order valence-electron chi connectivity index (χ0n) is 7.46. The molecule has 1 atom stereocenters. The predicted octanol–water partition coefficient (Wildman–Crippen LogP) is 2.74. The highest BCUT2D eigenvalue weighted by atomic mass is 35.5. The molecule has 0 spiro atoms. The molecule has 0 unspecified atom stereocenters. The van der Waals surface area contributed by atoms with Gasteiger partial charge >= 0.3 is 0 Å². The Morgan fingerprint density at radius 2 is 2.15 bits per heavy atom. The Morgan fingerprint density at radius 1 is 1.54 bits per heavy atom. The molecule has 13 heavy (non-hydrogen) atoms. The summed E-state index contributed by atoms with van der Waals surface area (Å²) in [6.07, 6.45) is 1.63. The van der Waals surface area contributed by atoms with Gasteiger partial charge in [0.1, 0.15) is 5.82 Å². The normalized spacial score (nSPS) is 11.6. The first kappa shape index (κ1) is 12.1. The van der Waals surface area contributed by atoms with Gasteiger partial charge in [0.2, 0.25) is 0 Å². The molecule has 72 valence electrons. The summed E-state index contributed by atoms with van der Waals surface area (Å²) in [6, 6.07) is 4.63. The van der Waals surface area contributed by atoms with E-state index in [9.17, 15) is 4.39 Å². The van der Waals surface area contributed by atoms with Crippen LogP contribution < -0.4 is 5.73 Å². The quantitative estimate of drug-likeness (QED) is 0.732. The van der Waals surface area contributed by atoms with Crippen molar-refractivity contribution in [1.29, 1.82) is 0 Å². The molecule has 0 heterocycles. The van der Waals surface area contributed by atoms with E-state index < -0.39 is 0 Å². The first-order chi connectivity index (χ1) is 5.65. The average Bonchev–Trinajstić information content (AvgIpc) is 2.08. The molecule has 1 nitrogen and oxygen atoms in total. The fourth-order valence-electron chi connectivity index (χ4n) is 1.01. The molecular weight excluding hydrogens is 189 g/mol. The van der Waals surface area contributed by atoms with E-state index in [2.05, 4.69) is 6.58 Å². The lowest BCUT2D eigenvalue weighted by molar-refractivity contribution is 0.617. The molecular formula is C10H13ClFN. The van der Waals surface area contributed by atoms with Crippen molar-refractivity contribution in [3.05, 3.63) is 47.8 Å². The fraction of sp³-hybridized carbons (Fsp3) is 0.200. The number of hydrogen-bond acceptors (Lipinski definition) is 1.